The number of halogens is 2. The second-order valence-electron chi connectivity index (χ2n) is 4.49. The van der Waals surface area contributed by atoms with Crippen LogP contribution in [0.15, 0.2) is 21.7 Å². The number of aromatic amines is 1. The predicted octanol–water partition coefficient (Wildman–Crippen LogP) is 2.71. The molecule has 112 valence electrons. The van der Waals surface area contributed by atoms with Gasteiger partial charge in [0.2, 0.25) is 0 Å². The van der Waals surface area contributed by atoms with E-state index < -0.39 is 11.2 Å². The van der Waals surface area contributed by atoms with Crippen LogP contribution in [0.25, 0.3) is 5.69 Å². The second kappa shape index (κ2) is 5.95. The molecule has 0 fully saturated rings. The van der Waals surface area contributed by atoms with E-state index in [-0.39, 0.29) is 5.15 Å². The molecular formula is C14H14Cl2N2O3. The summed E-state index contributed by atoms with van der Waals surface area (Å²) < 4.78 is 6.23. The third-order valence-electron chi connectivity index (χ3n) is 3.20. The van der Waals surface area contributed by atoms with Crippen molar-refractivity contribution < 1.29 is 4.74 Å². The topological polar surface area (TPSA) is 64.1 Å². The van der Waals surface area contributed by atoms with E-state index in [1.54, 1.807) is 26.0 Å². The predicted molar refractivity (Wildman–Crippen MR) is 83.3 cm³/mol. The zero-order valence-corrected chi connectivity index (χ0v) is 13.3. The van der Waals surface area contributed by atoms with Crippen LogP contribution in [0.5, 0.6) is 5.75 Å². The lowest BCUT2D eigenvalue weighted by atomic mass is 10.2. The van der Waals surface area contributed by atoms with Gasteiger partial charge in [0.1, 0.15) is 10.9 Å². The van der Waals surface area contributed by atoms with Crippen LogP contribution < -0.4 is 16.0 Å². The first-order valence-corrected chi connectivity index (χ1v) is 7.04. The fourth-order valence-electron chi connectivity index (χ4n) is 2.06. The van der Waals surface area contributed by atoms with E-state index >= 15 is 0 Å². The molecule has 0 bridgehead atoms. The lowest BCUT2D eigenvalue weighted by molar-refractivity contribution is 0.412. The first kappa shape index (κ1) is 15.7. The van der Waals surface area contributed by atoms with Crippen molar-refractivity contribution in [3.63, 3.8) is 0 Å². The average molecular weight is 329 g/mol. The van der Waals surface area contributed by atoms with Crippen LogP contribution in [0.4, 0.5) is 0 Å². The van der Waals surface area contributed by atoms with Crippen LogP contribution in [0.3, 0.4) is 0 Å². The van der Waals surface area contributed by atoms with Gasteiger partial charge in [-0.3, -0.25) is 9.78 Å². The molecule has 1 aromatic carbocycles. The molecule has 2 aromatic rings. The zero-order valence-electron chi connectivity index (χ0n) is 11.8. The highest BCUT2D eigenvalue weighted by Crippen LogP contribution is 2.28. The summed E-state index contributed by atoms with van der Waals surface area (Å²) in [5.41, 5.74) is 0.309. The maximum Gasteiger partial charge on any atom is 0.334 e. The van der Waals surface area contributed by atoms with E-state index in [0.29, 0.717) is 28.4 Å². The molecule has 1 heterocycles. The summed E-state index contributed by atoms with van der Waals surface area (Å²) in [5.74, 6) is 0.336. The van der Waals surface area contributed by atoms with E-state index in [1.165, 1.54) is 7.11 Å². The van der Waals surface area contributed by atoms with Gasteiger partial charge in [0.05, 0.1) is 18.4 Å². The Bertz CT molecular complexity index is 809. The molecule has 0 atom stereocenters. The summed E-state index contributed by atoms with van der Waals surface area (Å²) in [4.78, 5) is 27.1. The Hall–Kier alpha value is -1.72. The normalized spacial score (nSPS) is 10.7. The second-order valence-corrected chi connectivity index (χ2v) is 5.28. The van der Waals surface area contributed by atoms with Gasteiger partial charge in [0.15, 0.2) is 0 Å². The molecule has 21 heavy (non-hydrogen) atoms. The SMILES string of the molecule is CCc1c(Cl)[nH]c(=O)n(-c2cc(C)c(Cl)cc2OC)c1=O. The van der Waals surface area contributed by atoms with E-state index in [4.69, 9.17) is 27.9 Å². The molecule has 5 nitrogen and oxygen atoms in total. The van der Waals surface area contributed by atoms with E-state index in [9.17, 15) is 9.59 Å². The lowest BCUT2D eigenvalue weighted by Gasteiger charge is -2.13. The number of hydrogen-bond acceptors (Lipinski definition) is 3. The molecule has 0 aliphatic heterocycles. The number of methoxy groups -OCH3 is 1. The average Bonchev–Trinajstić information content (AvgIpc) is 2.42. The summed E-state index contributed by atoms with van der Waals surface area (Å²) in [5, 5.41) is 0.554. The van der Waals surface area contributed by atoms with Crippen molar-refractivity contribution in [2.24, 2.45) is 0 Å². The van der Waals surface area contributed by atoms with Crippen molar-refractivity contribution in [1.82, 2.24) is 9.55 Å². The van der Waals surface area contributed by atoms with Gasteiger partial charge in [-0.05, 0) is 25.0 Å². The highest BCUT2D eigenvalue weighted by Gasteiger charge is 2.17. The van der Waals surface area contributed by atoms with E-state index in [1.807, 2.05) is 0 Å². The van der Waals surface area contributed by atoms with E-state index in [0.717, 1.165) is 10.1 Å². The Morgan fingerprint density at radius 1 is 1.29 bits per heavy atom. The monoisotopic (exact) mass is 328 g/mol. The molecule has 1 aromatic heterocycles. The summed E-state index contributed by atoms with van der Waals surface area (Å²) in [6.45, 7) is 3.57. The molecule has 0 spiro atoms. The first-order valence-electron chi connectivity index (χ1n) is 6.28. The van der Waals surface area contributed by atoms with Crippen LogP contribution in [0.1, 0.15) is 18.1 Å². The van der Waals surface area contributed by atoms with Crippen molar-refractivity contribution in [2.45, 2.75) is 20.3 Å². The van der Waals surface area contributed by atoms with Crippen molar-refractivity contribution in [3.8, 4) is 11.4 Å². The third kappa shape index (κ3) is 2.71. The Balaban J connectivity index is 2.88. The fourth-order valence-corrected chi connectivity index (χ4v) is 2.51. The molecular weight excluding hydrogens is 315 g/mol. The lowest BCUT2D eigenvalue weighted by Crippen LogP contribution is -2.36. The largest absolute Gasteiger partial charge is 0.494 e. The van der Waals surface area contributed by atoms with Gasteiger partial charge in [0, 0.05) is 11.1 Å². The quantitative estimate of drug-likeness (QED) is 0.881. The Kier molecular flexibility index (Phi) is 4.44. The Labute approximate surface area is 131 Å². The van der Waals surface area contributed by atoms with Crippen molar-refractivity contribution in [1.29, 1.82) is 0 Å². The Morgan fingerprint density at radius 3 is 2.52 bits per heavy atom. The molecule has 7 heteroatoms. The highest BCUT2D eigenvalue weighted by molar-refractivity contribution is 6.31. The van der Waals surface area contributed by atoms with Crippen LogP contribution in [0.2, 0.25) is 10.2 Å². The number of aromatic nitrogens is 2. The third-order valence-corrected chi connectivity index (χ3v) is 3.93. The number of nitrogens with zero attached hydrogens (tertiary/aromatic N) is 1. The van der Waals surface area contributed by atoms with Crippen LogP contribution in [-0.4, -0.2) is 16.7 Å². The number of nitrogens with one attached hydrogen (secondary N) is 1. The minimum absolute atomic E-state index is 0.0633. The molecule has 2 rings (SSSR count). The molecule has 0 saturated heterocycles. The minimum Gasteiger partial charge on any atom is -0.494 e. The first-order chi connectivity index (χ1) is 9.90. The molecule has 0 unspecified atom stereocenters. The fraction of sp³-hybridized carbons (Fsp3) is 0.286. The van der Waals surface area contributed by atoms with Gasteiger partial charge in [-0.25, -0.2) is 9.36 Å². The Morgan fingerprint density at radius 2 is 1.95 bits per heavy atom. The van der Waals surface area contributed by atoms with E-state index in [2.05, 4.69) is 4.98 Å². The molecule has 0 radical (unpaired) electrons. The summed E-state index contributed by atoms with van der Waals surface area (Å²) >= 11 is 11.9. The zero-order chi connectivity index (χ0) is 15.7. The van der Waals surface area contributed by atoms with Crippen molar-refractivity contribution in [2.75, 3.05) is 7.11 Å². The van der Waals surface area contributed by atoms with Gasteiger partial charge in [-0.1, -0.05) is 30.1 Å². The van der Waals surface area contributed by atoms with Crippen LogP contribution in [-0.2, 0) is 6.42 Å². The van der Waals surface area contributed by atoms with Gasteiger partial charge in [-0.2, -0.15) is 0 Å². The van der Waals surface area contributed by atoms with Crippen molar-refractivity contribution >= 4 is 23.2 Å². The smallest absolute Gasteiger partial charge is 0.334 e. The van der Waals surface area contributed by atoms with Crippen molar-refractivity contribution in [3.05, 3.63) is 54.3 Å². The maximum atomic E-state index is 12.5. The van der Waals surface area contributed by atoms with Crippen LogP contribution >= 0.6 is 23.2 Å². The summed E-state index contributed by atoms with van der Waals surface area (Å²) in [6, 6.07) is 3.20. The number of benzene rings is 1. The molecule has 0 aliphatic carbocycles. The minimum atomic E-state index is -0.623. The number of H-pyrrole nitrogens is 1. The molecule has 1 N–H and O–H groups in total. The molecule has 0 amide bonds. The van der Waals surface area contributed by atoms with Gasteiger partial charge in [-0.15, -0.1) is 0 Å². The highest BCUT2D eigenvalue weighted by atomic mass is 35.5. The molecule has 0 aliphatic rings. The standard InChI is InChI=1S/C14H14Cl2N2O3/c1-4-8-12(16)17-14(20)18(13(8)19)10-5-7(2)9(15)6-11(10)21-3/h5-6H,4H2,1-3H3,(H,17,20). The number of hydrogen-bond donors (Lipinski definition) is 1. The number of rotatable bonds is 3. The number of ether oxygens (including phenoxy) is 1. The van der Waals surface area contributed by atoms with Gasteiger partial charge < -0.3 is 4.74 Å². The number of aryl methyl sites for hydroxylation is 1. The van der Waals surface area contributed by atoms with Gasteiger partial charge >= 0.3 is 5.69 Å². The summed E-state index contributed by atoms with van der Waals surface area (Å²) in [7, 11) is 1.44. The maximum absolute atomic E-state index is 12.5. The van der Waals surface area contributed by atoms with Crippen LogP contribution in [0, 0.1) is 6.92 Å². The summed E-state index contributed by atoms with van der Waals surface area (Å²) in [6.07, 6.45) is 0.406. The van der Waals surface area contributed by atoms with Gasteiger partial charge in [0.25, 0.3) is 5.56 Å². The molecule has 0 saturated carbocycles.